The van der Waals surface area contributed by atoms with E-state index in [9.17, 15) is 13.2 Å². The molecule has 8 heteroatoms. The SMILES string of the molecule is CCN(c1cc(C(=O)NCc2ccncc2)ccn1)C1CCS(=O)(=O)C1. The lowest BCUT2D eigenvalue weighted by Crippen LogP contribution is -2.37. The summed E-state index contributed by atoms with van der Waals surface area (Å²) in [6.07, 6.45) is 5.54. The molecule has 1 unspecified atom stereocenters. The Morgan fingerprint density at radius 1 is 1.27 bits per heavy atom. The Kier molecular flexibility index (Phi) is 5.51. The summed E-state index contributed by atoms with van der Waals surface area (Å²) in [4.78, 5) is 22.7. The van der Waals surface area contributed by atoms with Crippen molar-refractivity contribution in [3.05, 3.63) is 54.0 Å². The Balaban J connectivity index is 1.71. The van der Waals surface area contributed by atoms with Crippen molar-refractivity contribution in [3.63, 3.8) is 0 Å². The first-order valence-electron chi connectivity index (χ1n) is 8.59. The summed E-state index contributed by atoms with van der Waals surface area (Å²) >= 11 is 0. The first-order chi connectivity index (χ1) is 12.5. The number of hydrogen-bond acceptors (Lipinski definition) is 6. The number of aromatic nitrogens is 2. The number of amides is 1. The van der Waals surface area contributed by atoms with Gasteiger partial charge in [-0.15, -0.1) is 0 Å². The number of pyridine rings is 2. The molecule has 138 valence electrons. The summed E-state index contributed by atoms with van der Waals surface area (Å²) in [5.41, 5.74) is 1.47. The predicted molar refractivity (Wildman–Crippen MR) is 99.7 cm³/mol. The molecule has 3 rings (SSSR count). The topological polar surface area (TPSA) is 92.3 Å². The lowest BCUT2D eigenvalue weighted by Gasteiger charge is -2.28. The van der Waals surface area contributed by atoms with Crippen LogP contribution in [0.15, 0.2) is 42.9 Å². The molecule has 7 nitrogen and oxygen atoms in total. The molecule has 1 aliphatic heterocycles. The van der Waals surface area contributed by atoms with Crippen molar-refractivity contribution in [2.24, 2.45) is 0 Å². The Morgan fingerprint density at radius 3 is 2.69 bits per heavy atom. The quantitative estimate of drug-likeness (QED) is 0.822. The molecule has 1 amide bonds. The van der Waals surface area contributed by atoms with Gasteiger partial charge in [0.2, 0.25) is 0 Å². The molecular weight excluding hydrogens is 352 g/mol. The van der Waals surface area contributed by atoms with Crippen molar-refractivity contribution in [1.82, 2.24) is 15.3 Å². The van der Waals surface area contributed by atoms with Crippen LogP contribution in [0.4, 0.5) is 5.82 Å². The number of carbonyl (C=O) groups is 1. The van der Waals surface area contributed by atoms with E-state index in [4.69, 9.17) is 0 Å². The number of nitrogens with zero attached hydrogens (tertiary/aromatic N) is 3. The highest BCUT2D eigenvalue weighted by Gasteiger charge is 2.32. The zero-order chi connectivity index (χ0) is 18.6. The van der Waals surface area contributed by atoms with Gasteiger partial charge in [0, 0.05) is 43.3 Å². The van der Waals surface area contributed by atoms with Crippen molar-refractivity contribution in [2.45, 2.75) is 25.9 Å². The minimum Gasteiger partial charge on any atom is -0.353 e. The third-order valence-corrected chi connectivity index (χ3v) is 6.24. The van der Waals surface area contributed by atoms with E-state index in [0.29, 0.717) is 30.9 Å². The highest BCUT2D eigenvalue weighted by Crippen LogP contribution is 2.23. The summed E-state index contributed by atoms with van der Waals surface area (Å²) in [5, 5.41) is 2.87. The summed E-state index contributed by atoms with van der Waals surface area (Å²) in [6.45, 7) is 3.01. The van der Waals surface area contributed by atoms with E-state index >= 15 is 0 Å². The van der Waals surface area contributed by atoms with Gasteiger partial charge < -0.3 is 10.2 Å². The Morgan fingerprint density at radius 2 is 2.04 bits per heavy atom. The summed E-state index contributed by atoms with van der Waals surface area (Å²) < 4.78 is 23.5. The number of nitrogens with one attached hydrogen (secondary N) is 1. The van der Waals surface area contributed by atoms with Crippen molar-refractivity contribution in [3.8, 4) is 0 Å². The molecule has 0 saturated carbocycles. The van der Waals surface area contributed by atoms with Gasteiger partial charge >= 0.3 is 0 Å². The summed E-state index contributed by atoms with van der Waals surface area (Å²) in [6, 6.07) is 6.98. The predicted octanol–water partition coefficient (Wildman–Crippen LogP) is 1.42. The van der Waals surface area contributed by atoms with E-state index in [1.165, 1.54) is 0 Å². The monoisotopic (exact) mass is 374 g/mol. The number of sulfone groups is 1. The Hall–Kier alpha value is -2.48. The number of anilines is 1. The number of rotatable bonds is 6. The average molecular weight is 374 g/mol. The average Bonchev–Trinajstić information content (AvgIpc) is 3.01. The van der Waals surface area contributed by atoms with Crippen LogP contribution < -0.4 is 10.2 Å². The summed E-state index contributed by atoms with van der Waals surface area (Å²) in [7, 11) is -2.98. The van der Waals surface area contributed by atoms with Crippen LogP contribution in [0, 0.1) is 0 Å². The van der Waals surface area contributed by atoms with Crippen LogP contribution in [0.1, 0.15) is 29.3 Å². The molecule has 2 aromatic heterocycles. The molecule has 0 spiro atoms. The molecule has 1 aliphatic rings. The largest absolute Gasteiger partial charge is 0.353 e. The van der Waals surface area contributed by atoms with Crippen molar-refractivity contribution >= 4 is 21.6 Å². The molecule has 2 aromatic rings. The van der Waals surface area contributed by atoms with E-state index in [1.807, 2.05) is 24.0 Å². The van der Waals surface area contributed by atoms with Crippen LogP contribution in [-0.4, -0.2) is 48.4 Å². The standard InChI is InChI=1S/C18H22N4O3S/c1-2-22(16-6-10-26(24,25)13-16)17-11-15(5-9-20-17)18(23)21-12-14-3-7-19-8-4-14/h3-5,7-9,11,16H,2,6,10,12-13H2,1H3,(H,21,23). The molecular formula is C18H22N4O3S. The Bertz CT molecular complexity index is 871. The normalized spacial score (nSPS) is 18.4. The molecule has 1 atom stereocenters. The summed E-state index contributed by atoms with van der Waals surface area (Å²) in [5.74, 6) is 0.785. The zero-order valence-corrected chi connectivity index (χ0v) is 15.4. The molecule has 0 bridgehead atoms. The maximum absolute atomic E-state index is 12.4. The van der Waals surface area contributed by atoms with Crippen molar-refractivity contribution in [2.75, 3.05) is 23.0 Å². The highest BCUT2D eigenvalue weighted by molar-refractivity contribution is 7.91. The third kappa shape index (κ3) is 4.37. The van der Waals surface area contributed by atoms with Crippen molar-refractivity contribution < 1.29 is 13.2 Å². The first kappa shape index (κ1) is 18.3. The van der Waals surface area contributed by atoms with E-state index in [0.717, 1.165) is 5.56 Å². The van der Waals surface area contributed by atoms with Crippen LogP contribution in [-0.2, 0) is 16.4 Å². The van der Waals surface area contributed by atoms with Gasteiger partial charge in [0.05, 0.1) is 11.5 Å². The molecule has 0 aliphatic carbocycles. The fraction of sp³-hybridized carbons (Fsp3) is 0.389. The lowest BCUT2D eigenvalue weighted by atomic mass is 10.2. The minimum atomic E-state index is -2.98. The van der Waals surface area contributed by atoms with Gasteiger partial charge in [-0.1, -0.05) is 0 Å². The van der Waals surface area contributed by atoms with E-state index in [-0.39, 0.29) is 23.5 Å². The second kappa shape index (κ2) is 7.82. The highest BCUT2D eigenvalue weighted by atomic mass is 32.2. The molecule has 1 N–H and O–H groups in total. The van der Waals surface area contributed by atoms with Gasteiger partial charge in [-0.2, -0.15) is 0 Å². The molecule has 26 heavy (non-hydrogen) atoms. The smallest absolute Gasteiger partial charge is 0.251 e. The van der Waals surface area contributed by atoms with Gasteiger partial charge in [0.25, 0.3) is 5.91 Å². The fourth-order valence-corrected chi connectivity index (χ4v) is 4.86. The van der Waals surface area contributed by atoms with Gasteiger partial charge in [0.1, 0.15) is 5.82 Å². The van der Waals surface area contributed by atoms with Crippen LogP contribution in [0.25, 0.3) is 0 Å². The first-order valence-corrected chi connectivity index (χ1v) is 10.4. The van der Waals surface area contributed by atoms with Crippen LogP contribution in [0.3, 0.4) is 0 Å². The fourth-order valence-electron chi connectivity index (χ4n) is 3.13. The second-order valence-corrected chi connectivity index (χ2v) is 8.51. The molecule has 1 saturated heterocycles. The van der Waals surface area contributed by atoms with Gasteiger partial charge in [-0.25, -0.2) is 13.4 Å². The minimum absolute atomic E-state index is 0.0902. The molecule has 0 radical (unpaired) electrons. The third-order valence-electron chi connectivity index (χ3n) is 4.49. The van der Waals surface area contributed by atoms with Crippen LogP contribution >= 0.6 is 0 Å². The number of hydrogen-bond donors (Lipinski definition) is 1. The van der Waals surface area contributed by atoms with E-state index in [1.54, 1.807) is 30.7 Å². The van der Waals surface area contributed by atoms with E-state index < -0.39 is 9.84 Å². The molecule has 3 heterocycles. The van der Waals surface area contributed by atoms with Gasteiger partial charge in [-0.05, 0) is 43.2 Å². The molecule has 1 fully saturated rings. The van der Waals surface area contributed by atoms with Gasteiger partial charge in [0.15, 0.2) is 9.84 Å². The van der Waals surface area contributed by atoms with Crippen LogP contribution in [0.5, 0.6) is 0 Å². The van der Waals surface area contributed by atoms with Crippen LogP contribution in [0.2, 0.25) is 0 Å². The maximum atomic E-state index is 12.4. The maximum Gasteiger partial charge on any atom is 0.251 e. The molecule has 0 aromatic carbocycles. The van der Waals surface area contributed by atoms with Crippen molar-refractivity contribution in [1.29, 1.82) is 0 Å². The Labute approximate surface area is 153 Å². The number of carbonyl (C=O) groups excluding carboxylic acids is 1. The zero-order valence-electron chi connectivity index (χ0n) is 14.6. The van der Waals surface area contributed by atoms with E-state index in [2.05, 4.69) is 15.3 Å². The second-order valence-electron chi connectivity index (χ2n) is 6.28. The van der Waals surface area contributed by atoms with Gasteiger partial charge in [-0.3, -0.25) is 9.78 Å². The lowest BCUT2D eigenvalue weighted by molar-refractivity contribution is 0.0950.